The molecule has 2 N–H and O–H groups in total. The van der Waals surface area contributed by atoms with E-state index in [2.05, 4.69) is 22.8 Å². The molecule has 0 aliphatic carbocycles. The van der Waals surface area contributed by atoms with Crippen LogP contribution in [0.25, 0.3) is 10.6 Å². The van der Waals surface area contributed by atoms with Crippen molar-refractivity contribution in [3.8, 4) is 10.6 Å². The molecule has 0 saturated carbocycles. The Labute approximate surface area is 185 Å². The smallest absolute Gasteiger partial charge is 0.267 e. The standard InChI is InChI=1S/C21H22N4O4S2/c1-4-14-8-10-15(11-9-14)21-22-18(13-30-21)20(27)24-23-19(26)16-6-5-7-17(12-16)31(28,29)25(2)3/h5-13H,4H2,1-3H3,(H,23,26)(H,24,27). The van der Waals surface area contributed by atoms with E-state index < -0.39 is 21.8 Å². The quantitative estimate of drug-likeness (QED) is 0.552. The molecule has 0 saturated heterocycles. The molecule has 2 amide bonds. The van der Waals surface area contributed by atoms with Gasteiger partial charge in [0.15, 0.2) is 0 Å². The highest BCUT2D eigenvalue weighted by Crippen LogP contribution is 2.24. The van der Waals surface area contributed by atoms with Gasteiger partial charge in [-0.15, -0.1) is 11.3 Å². The number of nitrogens with zero attached hydrogens (tertiary/aromatic N) is 2. The predicted molar refractivity (Wildman–Crippen MR) is 119 cm³/mol. The molecular formula is C21H22N4O4S2. The summed E-state index contributed by atoms with van der Waals surface area (Å²) in [5, 5.41) is 2.30. The van der Waals surface area contributed by atoms with Crippen molar-refractivity contribution >= 4 is 33.2 Å². The lowest BCUT2D eigenvalue weighted by Crippen LogP contribution is -2.41. The summed E-state index contributed by atoms with van der Waals surface area (Å²) in [6.07, 6.45) is 0.940. The molecule has 0 spiro atoms. The number of benzene rings is 2. The number of nitrogens with one attached hydrogen (secondary N) is 2. The van der Waals surface area contributed by atoms with Crippen molar-refractivity contribution in [2.24, 2.45) is 0 Å². The molecule has 1 aromatic heterocycles. The highest BCUT2D eigenvalue weighted by atomic mass is 32.2. The maximum atomic E-state index is 12.4. The molecule has 31 heavy (non-hydrogen) atoms. The van der Waals surface area contributed by atoms with Crippen molar-refractivity contribution in [2.45, 2.75) is 18.2 Å². The first kappa shape index (κ1) is 22.6. The molecule has 0 atom stereocenters. The van der Waals surface area contributed by atoms with E-state index in [1.54, 1.807) is 5.38 Å². The summed E-state index contributed by atoms with van der Waals surface area (Å²) >= 11 is 1.33. The molecule has 0 aliphatic heterocycles. The van der Waals surface area contributed by atoms with E-state index in [0.717, 1.165) is 16.3 Å². The topological polar surface area (TPSA) is 108 Å². The Hall–Kier alpha value is -3.08. The zero-order valence-corrected chi connectivity index (χ0v) is 18.9. The van der Waals surface area contributed by atoms with Crippen LogP contribution in [-0.4, -0.2) is 43.6 Å². The third kappa shape index (κ3) is 5.16. The van der Waals surface area contributed by atoms with Crippen molar-refractivity contribution in [2.75, 3.05) is 14.1 Å². The van der Waals surface area contributed by atoms with Crippen LogP contribution >= 0.6 is 11.3 Å². The Bertz CT molecular complexity index is 1200. The molecule has 0 aliphatic rings. The predicted octanol–water partition coefficient (Wildman–Crippen LogP) is 2.70. The van der Waals surface area contributed by atoms with Crippen LogP contribution in [0.15, 0.2) is 58.8 Å². The van der Waals surface area contributed by atoms with Crippen LogP contribution in [0.5, 0.6) is 0 Å². The Morgan fingerprint density at radius 2 is 1.71 bits per heavy atom. The largest absolute Gasteiger partial charge is 0.289 e. The molecule has 10 heteroatoms. The third-order valence-electron chi connectivity index (χ3n) is 4.51. The maximum absolute atomic E-state index is 12.4. The summed E-state index contributed by atoms with van der Waals surface area (Å²) in [6.45, 7) is 2.08. The van der Waals surface area contributed by atoms with Gasteiger partial charge in [0.05, 0.1) is 4.90 Å². The number of rotatable bonds is 6. The molecule has 2 aromatic carbocycles. The number of carbonyl (C=O) groups excluding carboxylic acids is 2. The second kappa shape index (κ2) is 9.38. The fourth-order valence-corrected chi connectivity index (χ4v) is 4.41. The maximum Gasteiger partial charge on any atom is 0.289 e. The normalized spacial score (nSPS) is 11.4. The molecule has 0 unspecified atom stereocenters. The van der Waals surface area contributed by atoms with E-state index in [-0.39, 0.29) is 16.2 Å². The van der Waals surface area contributed by atoms with Crippen LogP contribution in [0.3, 0.4) is 0 Å². The van der Waals surface area contributed by atoms with Gasteiger partial charge >= 0.3 is 0 Å². The van der Waals surface area contributed by atoms with Crippen LogP contribution in [0.2, 0.25) is 0 Å². The number of aromatic nitrogens is 1. The van der Waals surface area contributed by atoms with Crippen LogP contribution in [0.4, 0.5) is 0 Å². The Morgan fingerprint density at radius 1 is 1.03 bits per heavy atom. The summed E-state index contributed by atoms with van der Waals surface area (Å²) < 4.78 is 25.5. The first-order chi connectivity index (χ1) is 14.7. The lowest BCUT2D eigenvalue weighted by molar-refractivity contribution is 0.0844. The molecule has 3 aromatic rings. The van der Waals surface area contributed by atoms with E-state index in [4.69, 9.17) is 0 Å². The molecule has 0 radical (unpaired) electrons. The number of hydrazine groups is 1. The number of hydrogen-bond donors (Lipinski definition) is 2. The molecule has 162 valence electrons. The van der Waals surface area contributed by atoms with E-state index in [9.17, 15) is 18.0 Å². The zero-order valence-electron chi connectivity index (χ0n) is 17.2. The van der Waals surface area contributed by atoms with Gasteiger partial charge in [-0.1, -0.05) is 37.3 Å². The van der Waals surface area contributed by atoms with Crippen LogP contribution in [0, 0.1) is 0 Å². The highest BCUT2D eigenvalue weighted by molar-refractivity contribution is 7.89. The monoisotopic (exact) mass is 458 g/mol. The van der Waals surface area contributed by atoms with E-state index >= 15 is 0 Å². The van der Waals surface area contributed by atoms with Gasteiger partial charge in [-0.05, 0) is 30.2 Å². The second-order valence-corrected chi connectivity index (χ2v) is 9.82. The van der Waals surface area contributed by atoms with Gasteiger partial charge in [0.1, 0.15) is 10.7 Å². The second-order valence-electron chi connectivity index (χ2n) is 6.81. The molecule has 8 nitrogen and oxygen atoms in total. The number of amides is 2. The minimum Gasteiger partial charge on any atom is -0.267 e. The van der Waals surface area contributed by atoms with Gasteiger partial charge in [0, 0.05) is 30.6 Å². The van der Waals surface area contributed by atoms with Gasteiger partial charge in [-0.3, -0.25) is 20.4 Å². The lowest BCUT2D eigenvalue weighted by atomic mass is 10.1. The third-order valence-corrected chi connectivity index (χ3v) is 7.21. The summed E-state index contributed by atoms with van der Waals surface area (Å²) in [7, 11) is -0.867. The average molecular weight is 459 g/mol. The van der Waals surface area contributed by atoms with Crippen molar-refractivity contribution in [3.63, 3.8) is 0 Å². The lowest BCUT2D eigenvalue weighted by Gasteiger charge is -2.12. The van der Waals surface area contributed by atoms with Gasteiger partial charge in [0.25, 0.3) is 11.8 Å². The first-order valence-corrected chi connectivity index (χ1v) is 11.7. The Balaban J connectivity index is 1.66. The van der Waals surface area contributed by atoms with E-state index in [1.165, 1.54) is 55.3 Å². The van der Waals surface area contributed by atoms with Crippen molar-refractivity contribution in [3.05, 3.63) is 70.7 Å². The van der Waals surface area contributed by atoms with E-state index in [1.807, 2.05) is 24.3 Å². The zero-order chi connectivity index (χ0) is 22.6. The molecular weight excluding hydrogens is 436 g/mol. The fraction of sp³-hybridized carbons (Fsp3) is 0.190. The minimum absolute atomic E-state index is 0.0188. The van der Waals surface area contributed by atoms with Crippen LogP contribution < -0.4 is 10.9 Å². The van der Waals surface area contributed by atoms with Gasteiger partial charge < -0.3 is 0 Å². The van der Waals surface area contributed by atoms with Gasteiger partial charge in [0.2, 0.25) is 10.0 Å². The summed E-state index contributed by atoms with van der Waals surface area (Å²) in [5.74, 6) is -1.21. The minimum atomic E-state index is -3.68. The average Bonchev–Trinajstić information content (AvgIpc) is 3.27. The fourth-order valence-electron chi connectivity index (χ4n) is 2.65. The number of aryl methyl sites for hydroxylation is 1. The van der Waals surface area contributed by atoms with Crippen LogP contribution in [0.1, 0.15) is 33.3 Å². The summed E-state index contributed by atoms with van der Waals surface area (Å²) in [6, 6.07) is 13.5. The van der Waals surface area contributed by atoms with Gasteiger partial charge in [-0.2, -0.15) is 0 Å². The first-order valence-electron chi connectivity index (χ1n) is 9.40. The van der Waals surface area contributed by atoms with Crippen LogP contribution in [-0.2, 0) is 16.4 Å². The number of carbonyl (C=O) groups is 2. The molecule has 1 heterocycles. The number of thiazole rings is 1. The van der Waals surface area contributed by atoms with E-state index in [0.29, 0.717) is 5.01 Å². The van der Waals surface area contributed by atoms with Crippen molar-refractivity contribution < 1.29 is 18.0 Å². The Morgan fingerprint density at radius 3 is 2.35 bits per heavy atom. The van der Waals surface area contributed by atoms with Crippen molar-refractivity contribution in [1.82, 2.24) is 20.1 Å². The number of hydrogen-bond acceptors (Lipinski definition) is 6. The molecule has 3 rings (SSSR count). The summed E-state index contributed by atoms with van der Waals surface area (Å²) in [5.41, 5.74) is 6.98. The molecule has 0 fully saturated rings. The van der Waals surface area contributed by atoms with Crippen molar-refractivity contribution in [1.29, 1.82) is 0 Å². The summed E-state index contributed by atoms with van der Waals surface area (Å²) in [4.78, 5) is 29.0. The highest BCUT2D eigenvalue weighted by Gasteiger charge is 2.19. The Kier molecular flexibility index (Phi) is 6.84. The SMILES string of the molecule is CCc1ccc(-c2nc(C(=O)NNC(=O)c3cccc(S(=O)(=O)N(C)C)c3)cs2)cc1. The van der Waals surface area contributed by atoms with Gasteiger partial charge in [-0.25, -0.2) is 17.7 Å². The molecule has 0 bridgehead atoms. The number of sulfonamides is 1.